The van der Waals surface area contributed by atoms with Crippen molar-refractivity contribution in [1.82, 2.24) is 30.2 Å². The van der Waals surface area contributed by atoms with Crippen molar-refractivity contribution in [3.8, 4) is 0 Å². The smallest absolute Gasteiger partial charge is 0.227 e. The van der Waals surface area contributed by atoms with Crippen LogP contribution in [0.1, 0.15) is 195 Å². The van der Waals surface area contributed by atoms with E-state index in [1.54, 1.807) is 0 Å². The first-order valence-electron chi connectivity index (χ1n) is 28.7. The van der Waals surface area contributed by atoms with Gasteiger partial charge in [0.05, 0.1) is 23.9 Å². The van der Waals surface area contributed by atoms with E-state index in [1.165, 1.54) is 38.1 Å². The molecule has 4 fully saturated rings. The highest BCUT2D eigenvalue weighted by atomic mass is 35.5. The zero-order chi connectivity index (χ0) is 58.7. The topological polar surface area (TPSA) is 105 Å². The molecule has 8 rings (SSSR count). The summed E-state index contributed by atoms with van der Waals surface area (Å²) in [6, 6.07) is 15.4. The molecule has 4 heterocycles. The van der Waals surface area contributed by atoms with E-state index in [1.807, 2.05) is 35.8 Å². The summed E-state index contributed by atoms with van der Waals surface area (Å²) in [6.45, 7) is 28.2. The number of benzene rings is 4. The van der Waals surface area contributed by atoms with Crippen LogP contribution in [-0.2, 0) is 19.2 Å². The summed E-state index contributed by atoms with van der Waals surface area (Å²) in [4.78, 5) is 60.0. The largest absolute Gasteiger partial charge is 0.350 e. The number of carbonyl (C=O) groups is 4. The van der Waals surface area contributed by atoms with Gasteiger partial charge in [0.1, 0.15) is 23.3 Å². The summed E-state index contributed by atoms with van der Waals surface area (Å²) in [5.74, 6) is -3.54. The van der Waals surface area contributed by atoms with Crippen LogP contribution >= 0.6 is 23.2 Å². The van der Waals surface area contributed by atoms with Crippen LogP contribution in [0, 0.1) is 49.0 Å². The van der Waals surface area contributed by atoms with Gasteiger partial charge in [-0.05, 0) is 175 Å². The Morgan fingerprint density at radius 2 is 0.877 bits per heavy atom. The third kappa shape index (κ3) is 15.4. The highest BCUT2D eigenvalue weighted by molar-refractivity contribution is 6.31. The van der Waals surface area contributed by atoms with Crippen LogP contribution in [0.25, 0.3) is 0 Å². The second-order valence-electron chi connectivity index (χ2n) is 24.9. The van der Waals surface area contributed by atoms with Gasteiger partial charge in [0, 0.05) is 111 Å². The van der Waals surface area contributed by atoms with Gasteiger partial charge >= 0.3 is 0 Å². The minimum atomic E-state index is -0.615. The highest BCUT2D eigenvalue weighted by Crippen LogP contribution is 2.44. The number of likely N-dealkylation sites (tertiary alicyclic amines) is 4. The molecular formula is C65H88Cl2F4N6O4. The van der Waals surface area contributed by atoms with Crippen molar-refractivity contribution in [2.45, 2.75) is 176 Å². The second kappa shape index (κ2) is 27.1. The quantitative estimate of drug-likeness (QED) is 0.137. The predicted molar refractivity (Wildman–Crippen MR) is 318 cm³/mol. The minimum Gasteiger partial charge on any atom is -0.350 e. The number of rotatable bonds is 12. The number of hydrogen-bond donors (Lipinski definition) is 2. The number of aryl methyl sites for hydroxylation is 2. The number of nitrogens with one attached hydrogen (secondary N) is 2. The van der Waals surface area contributed by atoms with E-state index in [-0.39, 0.29) is 77.9 Å². The number of amides is 4. The lowest BCUT2D eigenvalue weighted by Crippen LogP contribution is -2.44. The first kappa shape index (κ1) is 65.1. The van der Waals surface area contributed by atoms with Crippen molar-refractivity contribution in [2.24, 2.45) is 11.8 Å². The Morgan fingerprint density at radius 3 is 1.16 bits per heavy atom. The molecule has 2 unspecified atom stereocenters. The van der Waals surface area contributed by atoms with E-state index >= 15 is 0 Å². The minimum absolute atomic E-state index is 0. The SMILES string of the molecule is C.CC[C@@H](NC(C)=O)c1cc(C)c(Cl)cc1C1CCN(C(=O)C2CN(C(C)(C)C)C[C@H]2c2ccc(F)cc2F)CC1.CC[C@H](NC(C)=O)c1cc(C)c(Cl)cc1C1CCN(C(=O)C2CN(C(C)(C)C)C[C@H]2c2ccc(F)cc2F)CC1. The number of hydrogen-bond acceptors (Lipinski definition) is 6. The molecule has 0 saturated carbocycles. The fourth-order valence-electron chi connectivity index (χ4n) is 12.8. The third-order valence-corrected chi connectivity index (χ3v) is 18.3. The number of halogens is 6. The van der Waals surface area contributed by atoms with Crippen LogP contribution in [0.5, 0.6) is 0 Å². The van der Waals surface area contributed by atoms with Gasteiger partial charge in [-0.2, -0.15) is 0 Å². The first-order valence-corrected chi connectivity index (χ1v) is 29.5. The van der Waals surface area contributed by atoms with Crippen molar-refractivity contribution in [3.05, 3.63) is 138 Å². The van der Waals surface area contributed by atoms with E-state index in [9.17, 15) is 36.7 Å². The molecule has 2 N–H and O–H groups in total. The van der Waals surface area contributed by atoms with Crippen molar-refractivity contribution in [1.29, 1.82) is 0 Å². The van der Waals surface area contributed by atoms with Crippen LogP contribution in [0.4, 0.5) is 17.6 Å². The van der Waals surface area contributed by atoms with Gasteiger partial charge in [-0.15, -0.1) is 0 Å². The summed E-state index contributed by atoms with van der Waals surface area (Å²) < 4.78 is 57.1. The standard InChI is InChI=1S/2C32H42ClF2N3O2.CH4/c2*1-7-30(36-20(3)39)25-14-19(2)28(33)16-24(25)21-10-12-37(13-11-21)31(40)27-18-38(32(4,5)6)17-26(27)23-9-8-22(34)15-29(23)35;/h2*8-9,14-16,21,26-27,30H,7,10-13,17-18H2,1-6H3,(H,36,39);1H4/t26-,27?,30+;26-,27?,30-;/m00./s1. The van der Waals surface area contributed by atoms with Gasteiger partial charge in [0.25, 0.3) is 0 Å². The molecule has 81 heavy (non-hydrogen) atoms. The first-order chi connectivity index (χ1) is 37.6. The summed E-state index contributed by atoms with van der Waals surface area (Å²) in [5, 5.41) is 7.55. The van der Waals surface area contributed by atoms with Crippen LogP contribution in [0.2, 0.25) is 10.0 Å². The Morgan fingerprint density at radius 1 is 0.543 bits per heavy atom. The Labute approximate surface area is 490 Å². The molecule has 6 atom stereocenters. The zero-order valence-electron chi connectivity index (χ0n) is 49.0. The highest BCUT2D eigenvalue weighted by Gasteiger charge is 2.47. The zero-order valence-corrected chi connectivity index (χ0v) is 50.5. The lowest BCUT2D eigenvalue weighted by atomic mass is 9.82. The Bertz CT molecular complexity index is 2700. The van der Waals surface area contributed by atoms with E-state index in [4.69, 9.17) is 23.2 Å². The lowest BCUT2D eigenvalue weighted by Gasteiger charge is -2.36. The molecule has 4 aliphatic rings. The molecule has 4 aromatic rings. The second-order valence-corrected chi connectivity index (χ2v) is 25.7. The van der Waals surface area contributed by atoms with Crippen molar-refractivity contribution in [3.63, 3.8) is 0 Å². The van der Waals surface area contributed by atoms with Crippen LogP contribution < -0.4 is 10.6 Å². The van der Waals surface area contributed by atoms with Gasteiger partial charge in [-0.3, -0.25) is 29.0 Å². The maximum Gasteiger partial charge on any atom is 0.227 e. The summed E-state index contributed by atoms with van der Waals surface area (Å²) >= 11 is 13.1. The van der Waals surface area contributed by atoms with Crippen molar-refractivity contribution in [2.75, 3.05) is 52.4 Å². The van der Waals surface area contributed by atoms with Crippen LogP contribution in [-0.4, -0.2) is 107 Å². The molecule has 0 radical (unpaired) electrons. The Balaban J connectivity index is 0.000000258. The van der Waals surface area contributed by atoms with E-state index < -0.39 is 35.1 Å². The van der Waals surface area contributed by atoms with Crippen molar-refractivity contribution < 1.29 is 36.7 Å². The molecule has 4 aromatic carbocycles. The lowest BCUT2D eigenvalue weighted by molar-refractivity contribution is -0.137. The number of nitrogens with zero attached hydrogens (tertiary/aromatic N) is 4. The fourth-order valence-corrected chi connectivity index (χ4v) is 13.1. The third-order valence-electron chi connectivity index (χ3n) is 17.4. The molecule has 0 spiro atoms. The average Bonchev–Trinajstić information content (AvgIpc) is 4.30. The van der Waals surface area contributed by atoms with Gasteiger partial charge in [-0.1, -0.05) is 68.7 Å². The molecule has 4 saturated heterocycles. The summed E-state index contributed by atoms with van der Waals surface area (Å²) in [5.41, 5.74) is 6.85. The molecule has 0 aliphatic carbocycles. The molecule has 16 heteroatoms. The Hall–Kier alpha value is -5.02. The predicted octanol–water partition coefficient (Wildman–Crippen LogP) is 14.1. The molecule has 444 valence electrons. The molecular weight excluding hydrogens is 1080 g/mol. The maximum absolute atomic E-state index is 14.9. The Kier molecular flexibility index (Phi) is 21.8. The van der Waals surface area contributed by atoms with E-state index in [0.29, 0.717) is 73.5 Å². The van der Waals surface area contributed by atoms with Gasteiger partial charge in [-0.25, -0.2) is 17.6 Å². The van der Waals surface area contributed by atoms with Gasteiger partial charge in [0.15, 0.2) is 0 Å². The number of carbonyl (C=O) groups excluding carboxylic acids is 4. The van der Waals surface area contributed by atoms with Crippen LogP contribution in [0.3, 0.4) is 0 Å². The van der Waals surface area contributed by atoms with E-state index in [0.717, 1.165) is 84.0 Å². The average molecular weight is 1160 g/mol. The van der Waals surface area contributed by atoms with Crippen LogP contribution in [0.15, 0.2) is 60.7 Å². The monoisotopic (exact) mass is 1160 g/mol. The fraction of sp³-hybridized carbons (Fsp3) is 0.569. The van der Waals surface area contributed by atoms with Crippen molar-refractivity contribution >= 4 is 46.8 Å². The summed E-state index contributed by atoms with van der Waals surface area (Å²) in [6.07, 6.45) is 4.64. The van der Waals surface area contributed by atoms with Gasteiger partial charge in [0.2, 0.25) is 23.6 Å². The maximum atomic E-state index is 14.9. The normalized spacial score (nSPS) is 21.2. The molecule has 0 aromatic heterocycles. The molecule has 4 amide bonds. The van der Waals surface area contributed by atoms with Gasteiger partial charge < -0.3 is 20.4 Å². The van der Waals surface area contributed by atoms with E-state index in [2.05, 4.69) is 88.0 Å². The molecule has 4 aliphatic heterocycles. The summed E-state index contributed by atoms with van der Waals surface area (Å²) in [7, 11) is 0. The molecule has 10 nitrogen and oxygen atoms in total. The molecule has 0 bridgehead atoms. The number of piperidine rings is 2.